The minimum atomic E-state index is -0.222. The quantitative estimate of drug-likeness (QED) is 0.866. The van der Waals surface area contributed by atoms with Gasteiger partial charge in [0, 0.05) is 19.0 Å². The Morgan fingerprint density at radius 2 is 2.22 bits per heavy atom. The van der Waals surface area contributed by atoms with Crippen molar-refractivity contribution >= 4 is 17.5 Å². The van der Waals surface area contributed by atoms with Gasteiger partial charge < -0.3 is 20.7 Å². The minimum Gasteiger partial charge on any atom is -0.495 e. The zero-order chi connectivity index (χ0) is 16.8. The molecule has 126 valence electrons. The molecule has 1 aromatic carbocycles. The van der Waals surface area contributed by atoms with Crippen LogP contribution in [0.4, 0.5) is 5.69 Å². The Bertz CT molecular complexity index is 574. The number of anilines is 1. The van der Waals surface area contributed by atoms with E-state index >= 15 is 0 Å². The predicted molar refractivity (Wildman–Crippen MR) is 89.1 cm³/mol. The Labute approximate surface area is 137 Å². The number of nitrogens with zero attached hydrogens (tertiary/aromatic N) is 1. The highest BCUT2D eigenvalue weighted by Crippen LogP contribution is 2.25. The van der Waals surface area contributed by atoms with Gasteiger partial charge in [-0.05, 0) is 30.5 Å². The van der Waals surface area contributed by atoms with Crippen LogP contribution < -0.4 is 15.8 Å². The molecule has 1 unspecified atom stereocenters. The number of carbonyl (C=O) groups excluding carboxylic acids is 2. The molecule has 2 amide bonds. The fraction of sp³-hybridized carbons (Fsp3) is 0.529. The summed E-state index contributed by atoms with van der Waals surface area (Å²) in [6, 6.07) is 5.43. The van der Waals surface area contributed by atoms with Gasteiger partial charge in [-0.1, -0.05) is 19.4 Å². The molecule has 1 aromatic rings. The highest BCUT2D eigenvalue weighted by molar-refractivity contribution is 5.96. The lowest BCUT2D eigenvalue weighted by Gasteiger charge is -2.22. The third-order valence-corrected chi connectivity index (χ3v) is 4.16. The monoisotopic (exact) mass is 319 g/mol. The fourth-order valence-electron chi connectivity index (χ4n) is 2.80. The number of amides is 2. The van der Waals surface area contributed by atoms with Crippen LogP contribution in [-0.4, -0.2) is 36.9 Å². The maximum atomic E-state index is 12.3. The van der Waals surface area contributed by atoms with Crippen molar-refractivity contribution in [1.82, 2.24) is 4.90 Å². The van der Waals surface area contributed by atoms with Gasteiger partial charge in [-0.3, -0.25) is 9.59 Å². The molecule has 0 bridgehead atoms. The summed E-state index contributed by atoms with van der Waals surface area (Å²) >= 11 is 0. The van der Waals surface area contributed by atoms with E-state index in [1.807, 2.05) is 13.0 Å². The van der Waals surface area contributed by atoms with E-state index in [0.717, 1.165) is 24.8 Å². The van der Waals surface area contributed by atoms with Crippen LogP contribution in [0.2, 0.25) is 0 Å². The van der Waals surface area contributed by atoms with Gasteiger partial charge in [0.2, 0.25) is 11.8 Å². The number of hydrogen-bond donors (Lipinski definition) is 2. The molecule has 1 heterocycles. The first-order valence-corrected chi connectivity index (χ1v) is 8.00. The van der Waals surface area contributed by atoms with Crippen LogP contribution in [0.25, 0.3) is 0 Å². The van der Waals surface area contributed by atoms with E-state index in [9.17, 15) is 9.59 Å². The Balaban J connectivity index is 2.05. The lowest BCUT2D eigenvalue weighted by Crippen LogP contribution is -2.40. The van der Waals surface area contributed by atoms with Crippen molar-refractivity contribution in [2.45, 2.75) is 32.7 Å². The number of nitrogens with two attached hydrogens (primary N) is 1. The standard InChI is InChI=1S/C17H25N3O3/c1-12-5-3-4-8-20(17(12)22)11-16(21)19-14-9-13(10-18)6-7-15(14)23-2/h6-7,9,12H,3-5,8,10-11,18H2,1-2H3,(H,19,21). The predicted octanol–water partition coefficient (Wildman–Crippen LogP) is 1.74. The number of methoxy groups -OCH3 is 1. The summed E-state index contributed by atoms with van der Waals surface area (Å²) in [4.78, 5) is 26.2. The third kappa shape index (κ3) is 4.45. The average molecular weight is 319 g/mol. The van der Waals surface area contributed by atoms with Crippen LogP contribution in [-0.2, 0) is 16.1 Å². The molecule has 0 radical (unpaired) electrons. The summed E-state index contributed by atoms with van der Waals surface area (Å²) in [7, 11) is 1.55. The van der Waals surface area contributed by atoms with Gasteiger partial charge in [-0.15, -0.1) is 0 Å². The smallest absolute Gasteiger partial charge is 0.244 e. The second-order valence-electron chi connectivity index (χ2n) is 5.94. The first kappa shape index (κ1) is 17.3. The van der Waals surface area contributed by atoms with E-state index < -0.39 is 0 Å². The second kappa shape index (κ2) is 7.97. The molecular formula is C17H25N3O3. The van der Waals surface area contributed by atoms with Gasteiger partial charge in [-0.25, -0.2) is 0 Å². The van der Waals surface area contributed by atoms with Gasteiger partial charge >= 0.3 is 0 Å². The summed E-state index contributed by atoms with van der Waals surface area (Å²) in [5.41, 5.74) is 7.12. The second-order valence-corrected chi connectivity index (χ2v) is 5.94. The van der Waals surface area contributed by atoms with Crippen LogP contribution >= 0.6 is 0 Å². The lowest BCUT2D eigenvalue weighted by molar-refractivity contribution is -0.137. The molecule has 1 aliphatic heterocycles. The Kier molecular flexibility index (Phi) is 5.98. The molecule has 2 rings (SSSR count). The van der Waals surface area contributed by atoms with Crippen molar-refractivity contribution in [3.8, 4) is 5.75 Å². The molecular weight excluding hydrogens is 294 g/mol. The zero-order valence-electron chi connectivity index (χ0n) is 13.8. The summed E-state index contributed by atoms with van der Waals surface area (Å²) < 4.78 is 5.26. The fourth-order valence-corrected chi connectivity index (χ4v) is 2.80. The molecule has 1 atom stereocenters. The maximum absolute atomic E-state index is 12.3. The maximum Gasteiger partial charge on any atom is 0.244 e. The Morgan fingerprint density at radius 3 is 2.91 bits per heavy atom. The topological polar surface area (TPSA) is 84.7 Å². The number of ether oxygens (including phenoxy) is 1. The van der Waals surface area contributed by atoms with Crippen molar-refractivity contribution < 1.29 is 14.3 Å². The van der Waals surface area contributed by atoms with Gasteiger partial charge in [-0.2, -0.15) is 0 Å². The van der Waals surface area contributed by atoms with Gasteiger partial charge in [0.15, 0.2) is 0 Å². The number of benzene rings is 1. The first-order valence-electron chi connectivity index (χ1n) is 8.00. The summed E-state index contributed by atoms with van der Waals surface area (Å²) in [6.07, 6.45) is 2.86. The van der Waals surface area contributed by atoms with E-state index in [2.05, 4.69) is 5.32 Å². The number of hydrogen-bond acceptors (Lipinski definition) is 4. The SMILES string of the molecule is COc1ccc(CN)cc1NC(=O)CN1CCCCC(C)C1=O. The Hall–Kier alpha value is -2.08. The minimum absolute atomic E-state index is 0.0135. The van der Waals surface area contributed by atoms with Crippen LogP contribution in [0, 0.1) is 5.92 Å². The molecule has 3 N–H and O–H groups in total. The van der Waals surface area contributed by atoms with E-state index in [1.54, 1.807) is 24.1 Å². The molecule has 0 saturated carbocycles. The number of likely N-dealkylation sites (tertiary alicyclic amines) is 1. The van der Waals surface area contributed by atoms with Crippen molar-refractivity contribution in [3.05, 3.63) is 23.8 Å². The molecule has 0 aromatic heterocycles. The van der Waals surface area contributed by atoms with E-state index in [4.69, 9.17) is 10.5 Å². The summed E-state index contributed by atoms with van der Waals surface area (Å²) in [6.45, 7) is 3.01. The van der Waals surface area contributed by atoms with E-state index in [0.29, 0.717) is 24.5 Å². The van der Waals surface area contributed by atoms with Crippen molar-refractivity contribution in [1.29, 1.82) is 0 Å². The van der Waals surface area contributed by atoms with Gasteiger partial charge in [0.05, 0.1) is 19.3 Å². The van der Waals surface area contributed by atoms with Crippen LogP contribution in [0.15, 0.2) is 18.2 Å². The average Bonchev–Trinajstić information content (AvgIpc) is 2.70. The molecule has 6 nitrogen and oxygen atoms in total. The summed E-state index contributed by atoms with van der Waals surface area (Å²) in [5.74, 6) is 0.395. The van der Waals surface area contributed by atoms with Crippen molar-refractivity contribution in [2.24, 2.45) is 11.7 Å². The van der Waals surface area contributed by atoms with Crippen LogP contribution in [0.3, 0.4) is 0 Å². The number of carbonyl (C=O) groups is 2. The highest BCUT2D eigenvalue weighted by atomic mass is 16.5. The molecule has 23 heavy (non-hydrogen) atoms. The lowest BCUT2D eigenvalue weighted by atomic mass is 10.1. The zero-order valence-corrected chi connectivity index (χ0v) is 13.8. The summed E-state index contributed by atoms with van der Waals surface area (Å²) in [5, 5.41) is 2.83. The molecule has 0 aliphatic carbocycles. The molecule has 0 spiro atoms. The molecule has 6 heteroatoms. The van der Waals surface area contributed by atoms with E-state index in [1.165, 1.54) is 0 Å². The number of nitrogens with one attached hydrogen (secondary N) is 1. The normalized spacial score (nSPS) is 18.5. The van der Waals surface area contributed by atoms with E-state index in [-0.39, 0.29) is 24.3 Å². The van der Waals surface area contributed by atoms with Crippen LogP contribution in [0.5, 0.6) is 5.75 Å². The van der Waals surface area contributed by atoms with Crippen molar-refractivity contribution in [3.63, 3.8) is 0 Å². The molecule has 1 saturated heterocycles. The van der Waals surface area contributed by atoms with Crippen LogP contribution in [0.1, 0.15) is 31.7 Å². The molecule has 1 aliphatic rings. The largest absolute Gasteiger partial charge is 0.495 e. The Morgan fingerprint density at radius 1 is 1.43 bits per heavy atom. The van der Waals surface area contributed by atoms with Gasteiger partial charge in [0.25, 0.3) is 0 Å². The van der Waals surface area contributed by atoms with Crippen molar-refractivity contribution in [2.75, 3.05) is 25.5 Å². The first-order chi connectivity index (χ1) is 11.0. The molecule has 1 fully saturated rings. The van der Waals surface area contributed by atoms with Gasteiger partial charge in [0.1, 0.15) is 5.75 Å². The third-order valence-electron chi connectivity index (χ3n) is 4.16. The number of rotatable bonds is 5. The highest BCUT2D eigenvalue weighted by Gasteiger charge is 2.25.